The number of benzene rings is 3. The molecular weight excluding hydrogens is 595 g/mol. The van der Waals surface area contributed by atoms with Gasteiger partial charge in [-0.3, -0.25) is 14.5 Å². The first-order valence-electron chi connectivity index (χ1n) is 11.2. The number of nitrogens with zero attached hydrogens (tertiary/aromatic N) is 2. The number of alkyl halides is 10. The summed E-state index contributed by atoms with van der Waals surface area (Å²) in [7, 11) is 0. The maximum atomic E-state index is 15.4. The maximum Gasteiger partial charge on any atom is 0.435 e. The fourth-order valence-corrected chi connectivity index (χ4v) is 3.76. The zero-order valence-electron chi connectivity index (χ0n) is 20.4. The van der Waals surface area contributed by atoms with Crippen LogP contribution in [0, 0.1) is 17.1 Å². The van der Waals surface area contributed by atoms with E-state index in [0.717, 1.165) is 18.2 Å². The summed E-state index contributed by atoms with van der Waals surface area (Å²) in [5.74, 6) is -4.07. The first-order chi connectivity index (χ1) is 19.3. The van der Waals surface area contributed by atoms with E-state index in [9.17, 15) is 53.5 Å². The average Bonchev–Trinajstić information content (AvgIpc) is 2.90. The summed E-state index contributed by atoms with van der Waals surface area (Å²) in [5, 5.41) is 10.7. The number of carbonyl (C=O) groups is 2. The third-order valence-corrected chi connectivity index (χ3v) is 5.76. The molecule has 222 valence electrons. The van der Waals surface area contributed by atoms with Crippen LogP contribution in [0.1, 0.15) is 31.8 Å². The van der Waals surface area contributed by atoms with E-state index in [1.807, 2.05) is 0 Å². The van der Waals surface area contributed by atoms with Crippen LogP contribution in [-0.4, -0.2) is 30.7 Å². The van der Waals surface area contributed by atoms with Gasteiger partial charge < -0.3 is 5.32 Å². The van der Waals surface area contributed by atoms with Crippen LogP contribution in [0.5, 0.6) is 0 Å². The molecule has 0 spiro atoms. The molecule has 0 saturated carbocycles. The van der Waals surface area contributed by atoms with E-state index in [1.54, 1.807) is 12.1 Å². The van der Waals surface area contributed by atoms with Crippen molar-refractivity contribution in [1.29, 1.82) is 5.26 Å². The summed E-state index contributed by atoms with van der Waals surface area (Å²) in [5.41, 5.74) is -14.1. The number of nitriles is 1. The van der Waals surface area contributed by atoms with Gasteiger partial charge in [-0.1, -0.05) is 30.3 Å². The highest BCUT2D eigenvalue weighted by Crippen LogP contribution is 2.54. The van der Waals surface area contributed by atoms with Gasteiger partial charge in [0.1, 0.15) is 6.54 Å². The number of hydrogen-bond donors (Lipinski definition) is 1. The zero-order chi connectivity index (χ0) is 31.7. The Balaban J connectivity index is 2.07. The molecule has 42 heavy (non-hydrogen) atoms. The van der Waals surface area contributed by atoms with Crippen LogP contribution in [0.4, 0.5) is 59.7 Å². The van der Waals surface area contributed by atoms with Gasteiger partial charge in [-0.25, -0.2) is 8.78 Å². The molecule has 1 N–H and O–H groups in total. The van der Waals surface area contributed by atoms with Crippen molar-refractivity contribution in [2.24, 2.45) is 0 Å². The van der Waals surface area contributed by atoms with Crippen molar-refractivity contribution < 1.29 is 57.9 Å². The van der Waals surface area contributed by atoms with Crippen LogP contribution in [0.15, 0.2) is 66.7 Å². The van der Waals surface area contributed by atoms with E-state index in [1.165, 1.54) is 29.6 Å². The standard InChI is InChI=1S/C26H14F11N3O2/c27-20-16(7-4-8-19(20)40(12-11-38)22(42)14-5-2-1-3-6-14)21(41)39-18-10-9-15(13-17(18)24(29,30)31)23(28,25(32,33)34)26(35,36)37/h1-10,13H,12H2,(H,39,41). The van der Waals surface area contributed by atoms with E-state index in [2.05, 4.69) is 0 Å². The Bertz CT molecular complexity index is 1510. The molecule has 0 aliphatic carbocycles. The van der Waals surface area contributed by atoms with Crippen LogP contribution < -0.4 is 10.2 Å². The molecule has 0 saturated heterocycles. The Morgan fingerprint density at radius 1 is 0.810 bits per heavy atom. The van der Waals surface area contributed by atoms with Gasteiger partial charge in [0.15, 0.2) is 5.82 Å². The molecule has 0 aliphatic heterocycles. The molecule has 2 amide bonds. The molecular formula is C26H14F11N3O2. The summed E-state index contributed by atoms with van der Waals surface area (Å²) in [6.07, 6.45) is -19.1. The molecule has 3 rings (SSSR count). The van der Waals surface area contributed by atoms with Crippen molar-refractivity contribution in [2.45, 2.75) is 24.2 Å². The van der Waals surface area contributed by atoms with Crippen LogP contribution in [0.3, 0.4) is 0 Å². The second-order valence-corrected chi connectivity index (χ2v) is 8.42. The molecule has 3 aromatic carbocycles. The normalized spacial score (nSPS) is 12.4. The van der Waals surface area contributed by atoms with Crippen molar-refractivity contribution in [1.82, 2.24) is 0 Å². The fourth-order valence-electron chi connectivity index (χ4n) is 3.76. The second-order valence-electron chi connectivity index (χ2n) is 8.42. The molecule has 0 unspecified atom stereocenters. The molecule has 3 aromatic rings. The van der Waals surface area contributed by atoms with E-state index in [0.29, 0.717) is 4.90 Å². The van der Waals surface area contributed by atoms with Crippen LogP contribution >= 0.6 is 0 Å². The Hall–Kier alpha value is -4.68. The van der Waals surface area contributed by atoms with E-state index in [-0.39, 0.29) is 17.7 Å². The first-order valence-corrected chi connectivity index (χ1v) is 11.2. The van der Waals surface area contributed by atoms with Gasteiger partial charge in [-0.05, 0) is 36.4 Å². The van der Waals surface area contributed by atoms with Gasteiger partial charge in [0.25, 0.3) is 11.8 Å². The molecule has 0 aliphatic rings. The quantitative estimate of drug-likeness (QED) is 0.232. The number of hydrogen-bond acceptors (Lipinski definition) is 3. The predicted molar refractivity (Wildman–Crippen MR) is 124 cm³/mol. The molecule has 0 heterocycles. The lowest BCUT2D eigenvalue weighted by atomic mass is 9.92. The monoisotopic (exact) mass is 609 g/mol. The predicted octanol–water partition coefficient (Wildman–Crippen LogP) is 7.56. The Morgan fingerprint density at radius 2 is 1.40 bits per heavy atom. The number of nitrogens with one attached hydrogen (secondary N) is 1. The number of halogens is 11. The summed E-state index contributed by atoms with van der Waals surface area (Å²) < 4.78 is 149. The van der Waals surface area contributed by atoms with Crippen LogP contribution in [0.25, 0.3) is 0 Å². The van der Waals surface area contributed by atoms with Gasteiger partial charge in [0.05, 0.1) is 28.6 Å². The second kappa shape index (κ2) is 11.3. The minimum atomic E-state index is -6.71. The third kappa shape index (κ3) is 5.99. The maximum absolute atomic E-state index is 15.4. The number of rotatable bonds is 6. The summed E-state index contributed by atoms with van der Waals surface area (Å²) in [6, 6.07) is 10.4. The van der Waals surface area contributed by atoms with Crippen molar-refractivity contribution in [3.05, 3.63) is 94.8 Å². The smallest absolute Gasteiger partial charge is 0.321 e. The number of amides is 2. The average molecular weight is 609 g/mol. The van der Waals surface area contributed by atoms with E-state index >= 15 is 4.39 Å². The molecule has 16 heteroatoms. The zero-order valence-corrected chi connectivity index (χ0v) is 20.4. The first kappa shape index (κ1) is 31.8. The lowest BCUT2D eigenvalue weighted by molar-refractivity contribution is -0.348. The Labute approximate surface area is 228 Å². The summed E-state index contributed by atoms with van der Waals surface area (Å²) in [4.78, 5) is 26.2. The summed E-state index contributed by atoms with van der Waals surface area (Å²) >= 11 is 0. The lowest BCUT2D eigenvalue weighted by Gasteiger charge is -2.31. The van der Waals surface area contributed by atoms with Crippen molar-refractivity contribution in [3.63, 3.8) is 0 Å². The third-order valence-electron chi connectivity index (χ3n) is 5.76. The highest BCUT2D eigenvalue weighted by molar-refractivity contribution is 6.09. The largest absolute Gasteiger partial charge is 0.435 e. The topological polar surface area (TPSA) is 73.2 Å². The minimum absolute atomic E-state index is 0.00133. The molecule has 5 nitrogen and oxygen atoms in total. The number of carbonyl (C=O) groups excluding carboxylic acids is 2. The van der Waals surface area contributed by atoms with Crippen molar-refractivity contribution in [2.75, 3.05) is 16.8 Å². The molecule has 0 radical (unpaired) electrons. The molecule has 0 aromatic heterocycles. The van der Waals surface area contributed by atoms with E-state index < -0.39 is 82.5 Å². The molecule has 0 fully saturated rings. The molecule has 0 atom stereocenters. The van der Waals surface area contributed by atoms with Gasteiger partial charge in [0, 0.05) is 11.1 Å². The van der Waals surface area contributed by atoms with Crippen LogP contribution in [0.2, 0.25) is 0 Å². The Morgan fingerprint density at radius 3 is 1.93 bits per heavy atom. The van der Waals surface area contributed by atoms with Crippen molar-refractivity contribution in [3.8, 4) is 6.07 Å². The molecule has 0 bridgehead atoms. The van der Waals surface area contributed by atoms with E-state index in [4.69, 9.17) is 5.26 Å². The van der Waals surface area contributed by atoms with Gasteiger partial charge in [-0.2, -0.15) is 44.8 Å². The van der Waals surface area contributed by atoms with Crippen molar-refractivity contribution >= 4 is 23.2 Å². The highest BCUT2D eigenvalue weighted by atomic mass is 19.4. The van der Waals surface area contributed by atoms with Gasteiger partial charge in [0.2, 0.25) is 0 Å². The van der Waals surface area contributed by atoms with Crippen LogP contribution in [-0.2, 0) is 11.8 Å². The van der Waals surface area contributed by atoms with Gasteiger partial charge in [-0.15, -0.1) is 0 Å². The lowest BCUT2D eigenvalue weighted by Crippen LogP contribution is -2.50. The summed E-state index contributed by atoms with van der Waals surface area (Å²) in [6.45, 7) is -0.737. The minimum Gasteiger partial charge on any atom is -0.321 e. The number of anilines is 2. The Kier molecular flexibility index (Phi) is 8.57. The SMILES string of the molecule is N#CCN(C(=O)c1ccccc1)c1cccc(C(=O)Nc2ccc(C(F)(C(F)(F)F)C(F)(F)F)cc2C(F)(F)F)c1F. The van der Waals surface area contributed by atoms with Gasteiger partial charge >= 0.3 is 24.2 Å². The fraction of sp³-hybridized carbons (Fsp3) is 0.192. The highest BCUT2D eigenvalue weighted by Gasteiger charge is 2.73.